The predicted octanol–water partition coefficient (Wildman–Crippen LogP) is 3.92. The zero-order valence-corrected chi connectivity index (χ0v) is 14.9. The highest BCUT2D eigenvalue weighted by atomic mass is 16.3. The standard InChI is InChI=1S/C21H28N2O2/c1-2-3-7-14-23(15-16-24)17-18-10-12-19(13-11-18)21(25)22-20-8-5-4-6-9-20/h4-6,8-13,24H,2-3,7,14-17H2,1H3,(H,22,25). The lowest BCUT2D eigenvalue weighted by Gasteiger charge is -2.21. The molecule has 0 unspecified atom stereocenters. The van der Waals surface area contributed by atoms with Gasteiger partial charge in [-0.1, -0.05) is 50.1 Å². The molecule has 0 fully saturated rings. The zero-order valence-electron chi connectivity index (χ0n) is 14.9. The molecule has 2 aromatic carbocycles. The fraction of sp³-hybridized carbons (Fsp3) is 0.381. The predicted molar refractivity (Wildman–Crippen MR) is 103 cm³/mol. The van der Waals surface area contributed by atoms with Crippen molar-refractivity contribution < 1.29 is 9.90 Å². The number of rotatable bonds is 10. The number of amides is 1. The van der Waals surface area contributed by atoms with E-state index >= 15 is 0 Å². The van der Waals surface area contributed by atoms with Crippen LogP contribution < -0.4 is 5.32 Å². The van der Waals surface area contributed by atoms with Gasteiger partial charge in [0, 0.05) is 24.3 Å². The molecule has 0 saturated heterocycles. The number of hydrogen-bond acceptors (Lipinski definition) is 3. The Morgan fingerprint density at radius 3 is 2.36 bits per heavy atom. The molecule has 0 heterocycles. The van der Waals surface area contributed by atoms with E-state index in [1.165, 1.54) is 12.8 Å². The lowest BCUT2D eigenvalue weighted by atomic mass is 10.1. The minimum Gasteiger partial charge on any atom is -0.395 e. The van der Waals surface area contributed by atoms with E-state index in [0.29, 0.717) is 12.1 Å². The van der Waals surface area contributed by atoms with Crippen molar-refractivity contribution in [3.63, 3.8) is 0 Å². The number of benzene rings is 2. The van der Waals surface area contributed by atoms with Crippen molar-refractivity contribution in [2.75, 3.05) is 25.0 Å². The lowest BCUT2D eigenvalue weighted by molar-refractivity contribution is 0.102. The molecule has 2 rings (SSSR count). The van der Waals surface area contributed by atoms with Crippen molar-refractivity contribution in [2.45, 2.75) is 32.7 Å². The number of unbranched alkanes of at least 4 members (excludes halogenated alkanes) is 2. The SMILES string of the molecule is CCCCCN(CCO)Cc1ccc(C(=O)Nc2ccccc2)cc1. The van der Waals surface area contributed by atoms with Crippen molar-refractivity contribution in [2.24, 2.45) is 0 Å². The Labute approximate surface area is 150 Å². The average molecular weight is 340 g/mol. The van der Waals surface area contributed by atoms with Crippen LogP contribution in [0.5, 0.6) is 0 Å². The molecule has 0 saturated carbocycles. The van der Waals surface area contributed by atoms with Crippen molar-refractivity contribution in [1.29, 1.82) is 0 Å². The Morgan fingerprint density at radius 1 is 1.00 bits per heavy atom. The highest BCUT2D eigenvalue weighted by Gasteiger charge is 2.08. The number of aliphatic hydroxyl groups is 1. The monoisotopic (exact) mass is 340 g/mol. The van der Waals surface area contributed by atoms with Gasteiger partial charge in [0.2, 0.25) is 0 Å². The third-order valence-corrected chi connectivity index (χ3v) is 4.15. The van der Waals surface area contributed by atoms with E-state index in [1.54, 1.807) is 0 Å². The minimum absolute atomic E-state index is 0.104. The zero-order chi connectivity index (χ0) is 17.9. The minimum atomic E-state index is -0.104. The van der Waals surface area contributed by atoms with Gasteiger partial charge in [-0.3, -0.25) is 9.69 Å². The number of carbonyl (C=O) groups excluding carboxylic acids is 1. The summed E-state index contributed by atoms with van der Waals surface area (Å²) in [5, 5.41) is 12.1. The van der Waals surface area contributed by atoms with Gasteiger partial charge in [-0.05, 0) is 42.8 Å². The second-order valence-corrected chi connectivity index (χ2v) is 6.22. The molecule has 0 aliphatic heterocycles. The summed E-state index contributed by atoms with van der Waals surface area (Å²) >= 11 is 0. The topological polar surface area (TPSA) is 52.6 Å². The van der Waals surface area contributed by atoms with Crippen LogP contribution in [0.4, 0.5) is 5.69 Å². The largest absolute Gasteiger partial charge is 0.395 e. The molecule has 4 nitrogen and oxygen atoms in total. The van der Waals surface area contributed by atoms with Crippen molar-refractivity contribution in [1.82, 2.24) is 4.90 Å². The highest BCUT2D eigenvalue weighted by molar-refractivity contribution is 6.04. The van der Waals surface area contributed by atoms with Gasteiger partial charge in [0.15, 0.2) is 0 Å². The van der Waals surface area contributed by atoms with E-state index in [0.717, 1.165) is 30.8 Å². The molecular formula is C21H28N2O2. The molecule has 134 valence electrons. The number of hydrogen-bond donors (Lipinski definition) is 2. The van der Waals surface area contributed by atoms with E-state index in [4.69, 9.17) is 0 Å². The smallest absolute Gasteiger partial charge is 0.255 e. The molecule has 4 heteroatoms. The molecule has 0 spiro atoms. The van der Waals surface area contributed by atoms with Crippen LogP contribution in [0.1, 0.15) is 42.1 Å². The van der Waals surface area contributed by atoms with Crippen LogP contribution in [0, 0.1) is 0 Å². The van der Waals surface area contributed by atoms with E-state index in [-0.39, 0.29) is 12.5 Å². The highest BCUT2D eigenvalue weighted by Crippen LogP contribution is 2.12. The Bertz CT molecular complexity index is 626. The van der Waals surface area contributed by atoms with Gasteiger partial charge in [-0.25, -0.2) is 0 Å². The number of nitrogens with zero attached hydrogens (tertiary/aromatic N) is 1. The van der Waals surface area contributed by atoms with Gasteiger partial charge < -0.3 is 10.4 Å². The molecule has 25 heavy (non-hydrogen) atoms. The number of carbonyl (C=O) groups is 1. The summed E-state index contributed by atoms with van der Waals surface area (Å²) in [6, 6.07) is 17.1. The number of para-hydroxylation sites is 1. The van der Waals surface area contributed by atoms with Crippen molar-refractivity contribution >= 4 is 11.6 Å². The van der Waals surface area contributed by atoms with Gasteiger partial charge in [0.25, 0.3) is 5.91 Å². The first kappa shape index (κ1) is 19.2. The first-order valence-corrected chi connectivity index (χ1v) is 9.01. The maximum atomic E-state index is 12.3. The van der Waals surface area contributed by atoms with Crippen LogP contribution in [0.15, 0.2) is 54.6 Å². The van der Waals surface area contributed by atoms with Crippen molar-refractivity contribution in [3.8, 4) is 0 Å². The summed E-state index contributed by atoms with van der Waals surface area (Å²) in [6.45, 7) is 4.83. The summed E-state index contributed by atoms with van der Waals surface area (Å²) < 4.78 is 0. The molecule has 0 aliphatic rings. The molecule has 2 N–H and O–H groups in total. The third kappa shape index (κ3) is 6.69. The van der Waals surface area contributed by atoms with Gasteiger partial charge in [0.05, 0.1) is 6.61 Å². The van der Waals surface area contributed by atoms with Gasteiger partial charge in [-0.2, -0.15) is 0 Å². The summed E-state index contributed by atoms with van der Waals surface area (Å²) in [4.78, 5) is 14.5. The molecule has 1 amide bonds. The van der Waals surface area contributed by atoms with E-state index in [1.807, 2.05) is 54.6 Å². The van der Waals surface area contributed by atoms with Gasteiger partial charge >= 0.3 is 0 Å². The summed E-state index contributed by atoms with van der Waals surface area (Å²) in [5.74, 6) is -0.104. The Balaban J connectivity index is 1.92. The fourth-order valence-corrected chi connectivity index (χ4v) is 2.74. The van der Waals surface area contributed by atoms with Gasteiger partial charge in [-0.15, -0.1) is 0 Å². The van der Waals surface area contributed by atoms with Crippen molar-refractivity contribution in [3.05, 3.63) is 65.7 Å². The Hall–Kier alpha value is -2.17. The fourth-order valence-electron chi connectivity index (χ4n) is 2.74. The van der Waals surface area contributed by atoms with E-state index < -0.39 is 0 Å². The quantitative estimate of drug-likeness (QED) is 0.645. The summed E-state index contributed by atoms with van der Waals surface area (Å²) in [5.41, 5.74) is 2.59. The Kier molecular flexibility index (Phi) is 8.16. The third-order valence-electron chi connectivity index (χ3n) is 4.15. The van der Waals surface area contributed by atoms with Crippen LogP contribution in [-0.4, -0.2) is 35.6 Å². The van der Waals surface area contributed by atoms with E-state index in [9.17, 15) is 9.90 Å². The van der Waals surface area contributed by atoms with Crippen LogP contribution >= 0.6 is 0 Å². The van der Waals surface area contributed by atoms with Crippen LogP contribution in [-0.2, 0) is 6.54 Å². The van der Waals surface area contributed by atoms with Crippen LogP contribution in [0.2, 0.25) is 0 Å². The number of anilines is 1. The van der Waals surface area contributed by atoms with Gasteiger partial charge in [0.1, 0.15) is 0 Å². The van der Waals surface area contributed by atoms with E-state index in [2.05, 4.69) is 17.1 Å². The molecule has 0 atom stereocenters. The second kappa shape index (κ2) is 10.6. The first-order chi connectivity index (χ1) is 12.2. The molecule has 0 bridgehead atoms. The average Bonchev–Trinajstić information content (AvgIpc) is 2.63. The molecule has 0 aromatic heterocycles. The summed E-state index contributed by atoms with van der Waals surface area (Å²) in [6.07, 6.45) is 3.55. The molecule has 0 aliphatic carbocycles. The lowest BCUT2D eigenvalue weighted by Crippen LogP contribution is -2.27. The number of aliphatic hydroxyl groups excluding tert-OH is 1. The van der Waals surface area contributed by atoms with Crippen LogP contribution in [0.25, 0.3) is 0 Å². The first-order valence-electron chi connectivity index (χ1n) is 9.01. The normalized spacial score (nSPS) is 10.8. The summed E-state index contributed by atoms with van der Waals surface area (Å²) in [7, 11) is 0. The molecule has 2 aromatic rings. The van der Waals surface area contributed by atoms with Crippen LogP contribution in [0.3, 0.4) is 0 Å². The Morgan fingerprint density at radius 2 is 1.72 bits per heavy atom. The maximum Gasteiger partial charge on any atom is 0.255 e. The maximum absolute atomic E-state index is 12.3. The number of nitrogens with one attached hydrogen (secondary N) is 1. The molecular weight excluding hydrogens is 312 g/mol. The second-order valence-electron chi connectivity index (χ2n) is 6.22. The molecule has 0 radical (unpaired) electrons.